The number of nitro benzene ring substituents is 1. The normalized spacial score (nSPS) is 11.4. The fraction of sp³-hybridized carbons (Fsp3) is 0.250. The molecule has 76 valence electrons. The highest BCUT2D eigenvalue weighted by atomic mass is 19.3. The molecule has 0 fully saturated rings. The van der Waals surface area contributed by atoms with Crippen molar-refractivity contribution in [1.29, 1.82) is 0 Å². The molecule has 0 saturated heterocycles. The summed E-state index contributed by atoms with van der Waals surface area (Å²) in [5, 5.41) is 10.4. The van der Waals surface area contributed by atoms with Crippen LogP contribution in [0.4, 0.5) is 20.2 Å². The molecule has 6 heteroatoms. The van der Waals surface area contributed by atoms with Gasteiger partial charge in [-0.1, -0.05) is 0 Å². The maximum Gasteiger partial charge on any atom is 0.278 e. The van der Waals surface area contributed by atoms with E-state index in [9.17, 15) is 18.9 Å². The summed E-state index contributed by atoms with van der Waals surface area (Å²) in [7, 11) is 0. The number of alkyl halides is 2. The van der Waals surface area contributed by atoms with E-state index in [1.807, 2.05) is 0 Å². The van der Waals surface area contributed by atoms with Crippen molar-refractivity contribution in [2.45, 2.75) is 12.8 Å². The fourth-order valence-corrected chi connectivity index (χ4v) is 1.06. The van der Waals surface area contributed by atoms with Gasteiger partial charge in [0.05, 0.1) is 4.92 Å². The Morgan fingerprint density at radius 3 is 2.50 bits per heavy atom. The van der Waals surface area contributed by atoms with E-state index in [0.717, 1.165) is 12.1 Å². The number of nitro groups is 1. The second-order valence-electron chi connectivity index (χ2n) is 2.92. The van der Waals surface area contributed by atoms with E-state index < -0.39 is 22.1 Å². The van der Waals surface area contributed by atoms with Crippen LogP contribution < -0.4 is 5.73 Å². The molecule has 0 aliphatic carbocycles. The number of benzene rings is 1. The maximum atomic E-state index is 12.9. The van der Waals surface area contributed by atoms with Crippen molar-refractivity contribution in [3.8, 4) is 0 Å². The van der Waals surface area contributed by atoms with Crippen molar-refractivity contribution in [1.82, 2.24) is 0 Å². The van der Waals surface area contributed by atoms with Crippen LogP contribution in [0.3, 0.4) is 0 Å². The number of nitrogens with zero attached hydrogens (tertiary/aromatic N) is 1. The van der Waals surface area contributed by atoms with E-state index in [2.05, 4.69) is 0 Å². The molecule has 1 aromatic carbocycles. The molecular formula is C8H8F2N2O2. The van der Waals surface area contributed by atoms with E-state index in [1.165, 1.54) is 6.07 Å². The molecular weight excluding hydrogens is 194 g/mol. The largest absolute Gasteiger partial charge is 0.399 e. The Bertz CT molecular complexity index is 374. The number of halogens is 2. The van der Waals surface area contributed by atoms with Gasteiger partial charge in [0.2, 0.25) is 0 Å². The zero-order valence-electron chi connectivity index (χ0n) is 7.33. The molecule has 2 N–H and O–H groups in total. The molecule has 0 saturated carbocycles. The van der Waals surface area contributed by atoms with Crippen LogP contribution in [0.25, 0.3) is 0 Å². The van der Waals surface area contributed by atoms with Crippen LogP contribution in [0.15, 0.2) is 18.2 Å². The highest BCUT2D eigenvalue weighted by Gasteiger charge is 2.32. The fourth-order valence-electron chi connectivity index (χ4n) is 1.06. The van der Waals surface area contributed by atoms with Gasteiger partial charge in [0, 0.05) is 18.7 Å². The van der Waals surface area contributed by atoms with Crippen molar-refractivity contribution in [3.63, 3.8) is 0 Å². The second kappa shape index (κ2) is 3.21. The Balaban J connectivity index is 3.38. The lowest BCUT2D eigenvalue weighted by Crippen LogP contribution is -2.10. The number of hydrogen-bond donors (Lipinski definition) is 1. The number of nitrogen functional groups attached to an aromatic ring is 1. The molecule has 0 unspecified atom stereocenters. The van der Waals surface area contributed by atoms with Crippen molar-refractivity contribution >= 4 is 11.4 Å². The summed E-state index contributed by atoms with van der Waals surface area (Å²) in [6.45, 7) is 0.592. The maximum absolute atomic E-state index is 12.9. The van der Waals surface area contributed by atoms with Crippen LogP contribution in [-0.2, 0) is 5.92 Å². The molecule has 0 radical (unpaired) electrons. The van der Waals surface area contributed by atoms with Gasteiger partial charge in [-0.25, -0.2) is 8.78 Å². The number of rotatable bonds is 2. The third kappa shape index (κ3) is 1.95. The molecule has 1 rings (SSSR count). The Hall–Kier alpha value is -1.72. The standard InChI is InChI=1S/C8H8F2N2O2/c1-8(9,10)6-4-5(11)2-3-7(6)12(13)14/h2-4H,11H2,1H3. The summed E-state index contributed by atoms with van der Waals surface area (Å²) >= 11 is 0. The Labute approximate surface area is 78.5 Å². The Kier molecular flexibility index (Phi) is 2.37. The predicted molar refractivity (Wildman–Crippen MR) is 47.1 cm³/mol. The van der Waals surface area contributed by atoms with E-state index in [-0.39, 0.29) is 5.69 Å². The SMILES string of the molecule is CC(F)(F)c1cc(N)ccc1[N+](=O)[O-]. The van der Waals surface area contributed by atoms with Crippen molar-refractivity contribution in [3.05, 3.63) is 33.9 Å². The van der Waals surface area contributed by atoms with E-state index >= 15 is 0 Å². The van der Waals surface area contributed by atoms with Crippen molar-refractivity contribution < 1.29 is 13.7 Å². The molecule has 0 aromatic heterocycles. The lowest BCUT2D eigenvalue weighted by Gasteiger charge is -2.11. The van der Waals surface area contributed by atoms with Gasteiger partial charge in [-0.15, -0.1) is 0 Å². The predicted octanol–water partition coefficient (Wildman–Crippen LogP) is 2.29. The molecule has 0 aliphatic rings. The zero-order valence-corrected chi connectivity index (χ0v) is 7.33. The highest BCUT2D eigenvalue weighted by Crippen LogP contribution is 2.35. The van der Waals surface area contributed by atoms with E-state index in [0.29, 0.717) is 6.92 Å². The van der Waals surface area contributed by atoms with E-state index in [1.54, 1.807) is 0 Å². The lowest BCUT2D eigenvalue weighted by molar-refractivity contribution is -0.386. The van der Waals surface area contributed by atoms with Gasteiger partial charge in [0.15, 0.2) is 0 Å². The van der Waals surface area contributed by atoms with Gasteiger partial charge in [-0.2, -0.15) is 0 Å². The first-order valence-corrected chi connectivity index (χ1v) is 3.74. The molecule has 0 bridgehead atoms. The number of hydrogen-bond acceptors (Lipinski definition) is 3. The molecule has 1 aromatic rings. The molecule has 0 heterocycles. The quantitative estimate of drug-likeness (QED) is 0.454. The summed E-state index contributed by atoms with van der Waals surface area (Å²) in [5.41, 5.74) is 4.06. The second-order valence-corrected chi connectivity index (χ2v) is 2.92. The smallest absolute Gasteiger partial charge is 0.278 e. The molecule has 14 heavy (non-hydrogen) atoms. The third-order valence-electron chi connectivity index (χ3n) is 1.69. The minimum Gasteiger partial charge on any atom is -0.399 e. The summed E-state index contributed by atoms with van der Waals surface area (Å²) in [6, 6.07) is 3.10. The number of anilines is 1. The van der Waals surface area contributed by atoms with Crippen LogP contribution >= 0.6 is 0 Å². The summed E-state index contributed by atoms with van der Waals surface area (Å²) in [5.74, 6) is -3.27. The Morgan fingerprint density at radius 1 is 1.50 bits per heavy atom. The van der Waals surface area contributed by atoms with Gasteiger partial charge in [-0.05, 0) is 12.1 Å². The highest BCUT2D eigenvalue weighted by molar-refractivity contribution is 5.52. The molecule has 0 amide bonds. The average Bonchev–Trinajstić information content (AvgIpc) is 2.01. The zero-order chi connectivity index (χ0) is 10.9. The molecule has 0 atom stereocenters. The summed E-state index contributed by atoms with van der Waals surface area (Å²) in [4.78, 5) is 9.56. The number of nitrogens with two attached hydrogens (primary N) is 1. The van der Waals surface area contributed by atoms with Gasteiger partial charge in [0.1, 0.15) is 5.56 Å². The lowest BCUT2D eigenvalue weighted by atomic mass is 10.1. The minimum absolute atomic E-state index is 0.0760. The van der Waals surface area contributed by atoms with E-state index in [4.69, 9.17) is 5.73 Å². The molecule has 0 aliphatic heterocycles. The third-order valence-corrected chi connectivity index (χ3v) is 1.69. The van der Waals surface area contributed by atoms with Gasteiger partial charge < -0.3 is 5.73 Å². The van der Waals surface area contributed by atoms with Crippen LogP contribution in [-0.4, -0.2) is 4.92 Å². The first-order valence-electron chi connectivity index (χ1n) is 3.74. The van der Waals surface area contributed by atoms with Crippen molar-refractivity contribution in [2.75, 3.05) is 5.73 Å². The average molecular weight is 202 g/mol. The van der Waals surface area contributed by atoms with Crippen LogP contribution in [0, 0.1) is 10.1 Å². The Morgan fingerprint density at radius 2 is 2.07 bits per heavy atom. The van der Waals surface area contributed by atoms with Crippen LogP contribution in [0.1, 0.15) is 12.5 Å². The topological polar surface area (TPSA) is 69.2 Å². The van der Waals surface area contributed by atoms with Gasteiger partial charge in [0.25, 0.3) is 11.6 Å². The van der Waals surface area contributed by atoms with Gasteiger partial charge in [-0.3, -0.25) is 10.1 Å². The monoisotopic (exact) mass is 202 g/mol. The molecule has 4 nitrogen and oxygen atoms in total. The molecule has 0 spiro atoms. The van der Waals surface area contributed by atoms with Crippen molar-refractivity contribution in [2.24, 2.45) is 0 Å². The first-order chi connectivity index (χ1) is 6.32. The van der Waals surface area contributed by atoms with Crippen LogP contribution in [0.5, 0.6) is 0 Å². The minimum atomic E-state index is -3.27. The summed E-state index contributed by atoms with van der Waals surface area (Å²) in [6.07, 6.45) is 0. The van der Waals surface area contributed by atoms with Crippen LogP contribution in [0.2, 0.25) is 0 Å². The first kappa shape index (κ1) is 10.4. The summed E-state index contributed by atoms with van der Waals surface area (Å²) < 4.78 is 25.8. The van der Waals surface area contributed by atoms with Gasteiger partial charge >= 0.3 is 0 Å².